The average Bonchev–Trinajstić information content (AvgIpc) is 3.07. The summed E-state index contributed by atoms with van der Waals surface area (Å²) in [5.74, 6) is 0.488. The summed E-state index contributed by atoms with van der Waals surface area (Å²) in [6.45, 7) is 0. The first-order valence-corrected chi connectivity index (χ1v) is 16.1. The van der Waals surface area contributed by atoms with E-state index in [1.807, 2.05) is 0 Å². The Kier molecular flexibility index (Phi) is 6.71. The second kappa shape index (κ2) is 11.0. The van der Waals surface area contributed by atoms with E-state index >= 15 is 0 Å². The quantitative estimate of drug-likeness (QED) is 0.355. The number of benzene rings is 2. The van der Waals surface area contributed by atoms with Gasteiger partial charge in [0.25, 0.3) is 0 Å². The molecule has 0 fully saturated rings. The predicted octanol–water partition coefficient (Wildman–Crippen LogP) is 9.61. The summed E-state index contributed by atoms with van der Waals surface area (Å²) in [4.78, 5) is 5.40. The van der Waals surface area contributed by atoms with Gasteiger partial charge in [-0.1, -0.05) is 103 Å². The number of hydrogen-bond donors (Lipinski definition) is 0. The first kappa shape index (κ1) is 25.7. The van der Waals surface area contributed by atoms with Gasteiger partial charge in [-0.25, -0.2) is 0 Å². The van der Waals surface area contributed by atoms with E-state index in [1.54, 1.807) is 5.56 Å². The van der Waals surface area contributed by atoms with Crippen molar-refractivity contribution in [2.24, 2.45) is 0 Å². The van der Waals surface area contributed by atoms with Gasteiger partial charge in [0.15, 0.2) is 0 Å². The first-order chi connectivity index (χ1) is 20.9. The zero-order valence-electron chi connectivity index (χ0n) is 24.4. The van der Waals surface area contributed by atoms with Gasteiger partial charge in [0.2, 0.25) is 0 Å². The minimum atomic E-state index is 0.327. The van der Waals surface area contributed by atoms with Crippen molar-refractivity contribution in [3.8, 4) is 0 Å². The second-order valence-electron chi connectivity index (χ2n) is 12.5. The molecule has 2 nitrogen and oxygen atoms in total. The van der Waals surface area contributed by atoms with Gasteiger partial charge >= 0.3 is 0 Å². The predicted molar refractivity (Wildman–Crippen MR) is 178 cm³/mol. The molecule has 0 aliphatic heterocycles. The minimum absolute atomic E-state index is 0.327. The number of anilines is 1. The van der Waals surface area contributed by atoms with Gasteiger partial charge in [0, 0.05) is 28.4 Å². The Morgan fingerprint density at radius 1 is 0.690 bits per heavy atom. The number of hydrogen-bond acceptors (Lipinski definition) is 2. The molecule has 0 saturated heterocycles. The number of rotatable bonds is 6. The molecule has 0 radical (unpaired) electrons. The Balaban J connectivity index is 1.27. The molecule has 6 aliphatic rings. The van der Waals surface area contributed by atoms with Crippen LogP contribution in [0, 0.1) is 0 Å². The zero-order chi connectivity index (χ0) is 27.9. The smallest absolute Gasteiger partial charge is 0.0559 e. The third-order valence-electron chi connectivity index (χ3n) is 10.1. The molecule has 2 aromatic rings. The molecule has 0 heterocycles. The lowest BCUT2D eigenvalue weighted by Gasteiger charge is -2.46. The van der Waals surface area contributed by atoms with Crippen LogP contribution in [-0.4, -0.2) is 23.0 Å². The highest BCUT2D eigenvalue weighted by atomic mass is 15.2. The van der Waals surface area contributed by atoms with Crippen molar-refractivity contribution < 1.29 is 0 Å². The zero-order valence-corrected chi connectivity index (χ0v) is 24.4. The second-order valence-corrected chi connectivity index (χ2v) is 12.5. The molecule has 0 aromatic heterocycles. The van der Waals surface area contributed by atoms with E-state index in [0.717, 1.165) is 44.9 Å². The summed E-state index contributed by atoms with van der Waals surface area (Å²) in [6, 6.07) is 10.8. The summed E-state index contributed by atoms with van der Waals surface area (Å²) >= 11 is 0. The fraction of sp³-hybridized carbons (Fsp3) is 0.300. The van der Waals surface area contributed by atoms with Crippen LogP contribution in [0.4, 0.5) is 5.69 Å². The molecule has 4 unspecified atom stereocenters. The topological polar surface area (TPSA) is 6.48 Å². The molecule has 2 aromatic carbocycles. The monoisotopic (exact) mass is 548 g/mol. The molecule has 210 valence electrons. The average molecular weight is 549 g/mol. The van der Waals surface area contributed by atoms with E-state index in [0.29, 0.717) is 24.0 Å². The van der Waals surface area contributed by atoms with Gasteiger partial charge in [-0.15, -0.1) is 0 Å². The maximum Gasteiger partial charge on any atom is 0.0559 e. The summed E-state index contributed by atoms with van der Waals surface area (Å²) in [7, 11) is 0. The Bertz CT molecular complexity index is 1670. The van der Waals surface area contributed by atoms with Gasteiger partial charge in [-0.05, 0) is 91.7 Å². The summed E-state index contributed by atoms with van der Waals surface area (Å²) in [6.07, 6.45) is 46.3. The summed E-state index contributed by atoms with van der Waals surface area (Å²) < 4.78 is 0. The Morgan fingerprint density at radius 3 is 2.33 bits per heavy atom. The number of aryl methyl sites for hydroxylation is 1. The van der Waals surface area contributed by atoms with E-state index < -0.39 is 0 Å². The summed E-state index contributed by atoms with van der Waals surface area (Å²) in [5.41, 5.74) is 8.71. The van der Waals surface area contributed by atoms with E-state index in [4.69, 9.17) is 0 Å². The normalized spacial score (nSPS) is 26.9. The van der Waals surface area contributed by atoms with Crippen molar-refractivity contribution >= 4 is 22.5 Å². The molecule has 0 bridgehead atoms. The lowest BCUT2D eigenvalue weighted by atomic mass is 9.72. The van der Waals surface area contributed by atoms with Crippen LogP contribution in [0.15, 0.2) is 127 Å². The van der Waals surface area contributed by atoms with Gasteiger partial charge in [0.1, 0.15) is 0 Å². The molecular weight excluding hydrogens is 508 g/mol. The number of allylic oxidation sites excluding steroid dienone is 11. The molecule has 4 atom stereocenters. The minimum Gasteiger partial charge on any atom is -0.361 e. The molecule has 0 N–H and O–H groups in total. The van der Waals surface area contributed by atoms with Crippen LogP contribution in [0.25, 0.3) is 16.8 Å². The van der Waals surface area contributed by atoms with Crippen LogP contribution in [0.1, 0.15) is 67.6 Å². The standard InChI is InChI=1S/C40H40N2/c1-5-13-31(14-6-1)41(32-15-7-2-8-16-32)37-27-23-29-22-26-36-38(28-24-30-21-25-35(37)39(29)40(30)36)42(33-17-9-3-10-18-33)34-19-11-4-12-20-34/h1-3,5-7,9-11,13,15,17,19-20,22-24,26-28,31,33,35,37H,4,8,12,14,16,18,21,25H2. The highest BCUT2D eigenvalue weighted by Crippen LogP contribution is 2.49. The van der Waals surface area contributed by atoms with Crippen molar-refractivity contribution in [1.82, 2.24) is 4.90 Å². The molecular formula is C40H40N2. The van der Waals surface area contributed by atoms with Gasteiger partial charge < -0.3 is 9.80 Å². The first-order valence-electron chi connectivity index (χ1n) is 16.1. The van der Waals surface area contributed by atoms with Crippen LogP contribution < -0.4 is 4.90 Å². The van der Waals surface area contributed by atoms with E-state index in [9.17, 15) is 0 Å². The van der Waals surface area contributed by atoms with Gasteiger partial charge in [-0.3, -0.25) is 0 Å². The maximum absolute atomic E-state index is 2.78. The largest absolute Gasteiger partial charge is 0.361 e. The van der Waals surface area contributed by atoms with Crippen molar-refractivity contribution in [2.45, 2.75) is 75.4 Å². The SMILES string of the molecule is C1=CCCC(N(C2C=CC=CC2)C2C=Cc3ccc4c(N(C5=CCCC=C5)C5C=CC=CC5)ccc5c4c3C2CC5)=C1. The molecule has 8 rings (SSSR count). The fourth-order valence-corrected chi connectivity index (χ4v) is 8.18. The van der Waals surface area contributed by atoms with Crippen LogP contribution in [-0.2, 0) is 6.42 Å². The Hall–Kier alpha value is -4.04. The highest BCUT2D eigenvalue weighted by Gasteiger charge is 2.38. The lowest BCUT2D eigenvalue weighted by Crippen LogP contribution is -2.45. The van der Waals surface area contributed by atoms with Crippen LogP contribution in [0.5, 0.6) is 0 Å². The number of nitrogens with zero attached hydrogens (tertiary/aromatic N) is 2. The van der Waals surface area contributed by atoms with Crippen molar-refractivity contribution in [3.63, 3.8) is 0 Å². The van der Waals surface area contributed by atoms with Crippen molar-refractivity contribution in [3.05, 3.63) is 143 Å². The molecule has 42 heavy (non-hydrogen) atoms. The molecule has 2 heteroatoms. The van der Waals surface area contributed by atoms with E-state index in [-0.39, 0.29) is 0 Å². The molecule has 0 saturated carbocycles. The van der Waals surface area contributed by atoms with Crippen LogP contribution >= 0.6 is 0 Å². The molecule has 0 spiro atoms. The van der Waals surface area contributed by atoms with Gasteiger partial charge in [-0.2, -0.15) is 0 Å². The van der Waals surface area contributed by atoms with Gasteiger partial charge in [0.05, 0.1) is 18.1 Å². The van der Waals surface area contributed by atoms with Crippen molar-refractivity contribution in [1.29, 1.82) is 0 Å². The fourth-order valence-electron chi connectivity index (χ4n) is 8.18. The highest BCUT2D eigenvalue weighted by molar-refractivity contribution is 6.02. The third kappa shape index (κ3) is 4.40. The third-order valence-corrected chi connectivity index (χ3v) is 10.1. The Labute approximate surface area is 250 Å². The van der Waals surface area contributed by atoms with Crippen LogP contribution in [0.2, 0.25) is 0 Å². The van der Waals surface area contributed by atoms with E-state index in [1.165, 1.54) is 45.4 Å². The van der Waals surface area contributed by atoms with Crippen molar-refractivity contribution in [2.75, 3.05) is 4.90 Å². The Morgan fingerprint density at radius 2 is 1.57 bits per heavy atom. The maximum atomic E-state index is 2.78. The summed E-state index contributed by atoms with van der Waals surface area (Å²) in [5, 5.41) is 2.94. The van der Waals surface area contributed by atoms with Crippen LogP contribution in [0.3, 0.4) is 0 Å². The molecule has 6 aliphatic carbocycles. The van der Waals surface area contributed by atoms with E-state index in [2.05, 4.69) is 131 Å². The molecule has 0 amide bonds. The lowest BCUT2D eigenvalue weighted by molar-refractivity contribution is 0.205.